The first-order valence-electron chi connectivity index (χ1n) is 9.31. The van der Waals surface area contributed by atoms with Crippen molar-refractivity contribution in [1.82, 2.24) is 0 Å². The van der Waals surface area contributed by atoms with Crippen molar-refractivity contribution in [3.63, 3.8) is 0 Å². The number of aryl methyl sites for hydroxylation is 1. The van der Waals surface area contributed by atoms with Gasteiger partial charge in [0.1, 0.15) is 5.76 Å². The van der Waals surface area contributed by atoms with Crippen molar-refractivity contribution < 1.29 is 9.21 Å². The van der Waals surface area contributed by atoms with Gasteiger partial charge in [-0.1, -0.05) is 18.2 Å². The van der Waals surface area contributed by atoms with Gasteiger partial charge in [-0.3, -0.25) is 4.79 Å². The first kappa shape index (κ1) is 19.0. The van der Waals surface area contributed by atoms with Crippen LogP contribution in [0.5, 0.6) is 0 Å². The minimum atomic E-state index is -0.222. The summed E-state index contributed by atoms with van der Waals surface area (Å²) in [7, 11) is 0. The highest BCUT2D eigenvalue weighted by molar-refractivity contribution is 6.02. The molecule has 0 unspecified atom stereocenters. The molecule has 0 aliphatic carbocycles. The van der Waals surface area contributed by atoms with Crippen LogP contribution in [0.4, 0.5) is 5.69 Å². The lowest BCUT2D eigenvalue weighted by Gasteiger charge is -2.18. The van der Waals surface area contributed by atoms with Crippen molar-refractivity contribution in [2.75, 3.05) is 5.32 Å². The van der Waals surface area contributed by atoms with Gasteiger partial charge in [0, 0.05) is 12.1 Å². The van der Waals surface area contributed by atoms with Gasteiger partial charge in [-0.05, 0) is 98.7 Å². The molecule has 27 heavy (non-hydrogen) atoms. The predicted octanol–water partition coefficient (Wildman–Crippen LogP) is 5.97. The highest BCUT2D eigenvalue weighted by atomic mass is 16.3. The molecule has 0 aliphatic heterocycles. The SMILES string of the molecule is Cc1ccccc1NC(=O)c1ccc(Cc2c(C)c(C)c(C)c(C)c2C)o1. The van der Waals surface area contributed by atoms with E-state index in [0.29, 0.717) is 12.2 Å². The highest BCUT2D eigenvalue weighted by Gasteiger charge is 2.16. The zero-order valence-corrected chi connectivity index (χ0v) is 17.0. The Kier molecular flexibility index (Phi) is 5.22. The number of para-hydroxylation sites is 1. The fraction of sp³-hybridized carbons (Fsp3) is 0.292. The van der Waals surface area contributed by atoms with Gasteiger partial charge in [-0.2, -0.15) is 0 Å². The van der Waals surface area contributed by atoms with E-state index >= 15 is 0 Å². The van der Waals surface area contributed by atoms with Crippen LogP contribution in [-0.2, 0) is 6.42 Å². The topological polar surface area (TPSA) is 42.2 Å². The summed E-state index contributed by atoms with van der Waals surface area (Å²) in [5.41, 5.74) is 9.74. The quantitative estimate of drug-likeness (QED) is 0.622. The zero-order valence-electron chi connectivity index (χ0n) is 17.0. The molecule has 0 spiro atoms. The number of carbonyl (C=O) groups excluding carboxylic acids is 1. The van der Waals surface area contributed by atoms with Crippen LogP contribution in [0.1, 0.15) is 55.3 Å². The minimum Gasteiger partial charge on any atom is -0.456 e. The maximum absolute atomic E-state index is 12.5. The van der Waals surface area contributed by atoms with Gasteiger partial charge in [0.25, 0.3) is 5.91 Å². The fourth-order valence-corrected chi connectivity index (χ4v) is 3.51. The lowest BCUT2D eigenvalue weighted by atomic mass is 9.88. The first-order valence-corrected chi connectivity index (χ1v) is 9.31. The second kappa shape index (κ2) is 7.43. The molecule has 0 saturated heterocycles. The summed E-state index contributed by atoms with van der Waals surface area (Å²) in [6.07, 6.45) is 0.692. The van der Waals surface area contributed by atoms with E-state index in [4.69, 9.17) is 4.42 Å². The van der Waals surface area contributed by atoms with E-state index in [1.54, 1.807) is 6.07 Å². The van der Waals surface area contributed by atoms with Gasteiger partial charge in [-0.15, -0.1) is 0 Å². The average molecular weight is 361 g/mol. The first-order chi connectivity index (χ1) is 12.8. The summed E-state index contributed by atoms with van der Waals surface area (Å²) >= 11 is 0. The maximum atomic E-state index is 12.5. The number of rotatable bonds is 4. The van der Waals surface area contributed by atoms with E-state index in [1.807, 2.05) is 37.3 Å². The Hall–Kier alpha value is -2.81. The maximum Gasteiger partial charge on any atom is 0.291 e. The summed E-state index contributed by atoms with van der Waals surface area (Å²) in [6, 6.07) is 11.4. The van der Waals surface area contributed by atoms with E-state index in [1.165, 1.54) is 33.4 Å². The molecule has 0 saturated carbocycles. The van der Waals surface area contributed by atoms with E-state index in [2.05, 4.69) is 39.9 Å². The summed E-state index contributed by atoms with van der Waals surface area (Å²) < 4.78 is 5.87. The number of hydrogen-bond donors (Lipinski definition) is 1. The van der Waals surface area contributed by atoms with Crippen LogP contribution in [0.25, 0.3) is 0 Å². The van der Waals surface area contributed by atoms with E-state index in [9.17, 15) is 4.79 Å². The van der Waals surface area contributed by atoms with Crippen LogP contribution in [0.3, 0.4) is 0 Å². The largest absolute Gasteiger partial charge is 0.456 e. The number of amides is 1. The Morgan fingerprint density at radius 1 is 0.815 bits per heavy atom. The number of anilines is 1. The fourth-order valence-electron chi connectivity index (χ4n) is 3.51. The number of benzene rings is 2. The third-order valence-corrected chi connectivity index (χ3v) is 5.79. The van der Waals surface area contributed by atoms with Crippen molar-refractivity contribution in [3.05, 3.63) is 86.9 Å². The second-order valence-electron chi connectivity index (χ2n) is 7.32. The zero-order chi connectivity index (χ0) is 19.7. The predicted molar refractivity (Wildman–Crippen MR) is 111 cm³/mol. The second-order valence-corrected chi connectivity index (χ2v) is 7.32. The van der Waals surface area contributed by atoms with Crippen LogP contribution in [0, 0.1) is 41.5 Å². The van der Waals surface area contributed by atoms with Crippen LogP contribution in [0.15, 0.2) is 40.8 Å². The third-order valence-electron chi connectivity index (χ3n) is 5.79. The minimum absolute atomic E-state index is 0.222. The van der Waals surface area contributed by atoms with E-state index < -0.39 is 0 Å². The number of nitrogens with one attached hydrogen (secondary N) is 1. The van der Waals surface area contributed by atoms with Gasteiger partial charge in [0.15, 0.2) is 5.76 Å². The molecule has 0 aliphatic rings. The lowest BCUT2D eigenvalue weighted by molar-refractivity contribution is 0.0995. The van der Waals surface area contributed by atoms with Crippen molar-refractivity contribution in [2.24, 2.45) is 0 Å². The molecule has 3 aromatic rings. The Morgan fingerprint density at radius 3 is 2.04 bits per heavy atom. The van der Waals surface area contributed by atoms with Gasteiger partial charge < -0.3 is 9.73 Å². The molecular weight excluding hydrogens is 334 g/mol. The number of hydrogen-bond acceptors (Lipinski definition) is 2. The molecule has 1 heterocycles. The van der Waals surface area contributed by atoms with E-state index in [-0.39, 0.29) is 5.91 Å². The van der Waals surface area contributed by atoms with Crippen LogP contribution < -0.4 is 5.32 Å². The molecule has 3 nitrogen and oxygen atoms in total. The van der Waals surface area contributed by atoms with Crippen molar-refractivity contribution >= 4 is 11.6 Å². The number of carbonyl (C=O) groups is 1. The molecule has 140 valence electrons. The lowest BCUT2D eigenvalue weighted by Crippen LogP contribution is -2.11. The van der Waals surface area contributed by atoms with Crippen LogP contribution in [-0.4, -0.2) is 5.91 Å². The van der Waals surface area contributed by atoms with Gasteiger partial charge in [0.05, 0.1) is 0 Å². The Balaban J connectivity index is 1.83. The molecule has 3 rings (SSSR count). The van der Waals surface area contributed by atoms with Crippen molar-refractivity contribution in [3.8, 4) is 0 Å². The summed E-state index contributed by atoms with van der Waals surface area (Å²) in [5, 5.41) is 2.92. The van der Waals surface area contributed by atoms with Gasteiger partial charge >= 0.3 is 0 Å². The monoisotopic (exact) mass is 361 g/mol. The van der Waals surface area contributed by atoms with Gasteiger partial charge in [-0.25, -0.2) is 0 Å². The number of furan rings is 1. The molecular formula is C24H27NO2. The Morgan fingerprint density at radius 2 is 1.41 bits per heavy atom. The Labute approximate surface area is 161 Å². The third kappa shape index (κ3) is 3.68. The molecule has 0 fully saturated rings. The summed E-state index contributed by atoms with van der Waals surface area (Å²) in [6.45, 7) is 12.8. The summed E-state index contributed by atoms with van der Waals surface area (Å²) in [4.78, 5) is 12.5. The molecule has 0 atom stereocenters. The van der Waals surface area contributed by atoms with E-state index in [0.717, 1.165) is 17.0 Å². The van der Waals surface area contributed by atoms with Crippen LogP contribution >= 0.6 is 0 Å². The summed E-state index contributed by atoms with van der Waals surface area (Å²) in [5.74, 6) is 0.920. The van der Waals surface area contributed by atoms with Crippen LogP contribution in [0.2, 0.25) is 0 Å². The molecule has 0 bridgehead atoms. The standard InChI is InChI=1S/C24H27NO2/c1-14-9-7-8-10-22(14)25-24(26)23-12-11-20(27-23)13-21-18(5)16(3)15(2)17(4)19(21)6/h7-12H,13H2,1-6H3,(H,25,26). The molecule has 1 amide bonds. The average Bonchev–Trinajstić information content (AvgIpc) is 3.13. The molecule has 1 aromatic heterocycles. The highest BCUT2D eigenvalue weighted by Crippen LogP contribution is 2.28. The molecule has 2 aromatic carbocycles. The van der Waals surface area contributed by atoms with Gasteiger partial charge in [0.2, 0.25) is 0 Å². The van der Waals surface area contributed by atoms with Crippen molar-refractivity contribution in [2.45, 2.75) is 48.0 Å². The molecule has 0 radical (unpaired) electrons. The Bertz CT molecular complexity index is 982. The van der Waals surface area contributed by atoms with Crippen molar-refractivity contribution in [1.29, 1.82) is 0 Å². The normalized spacial score (nSPS) is 10.9. The molecule has 3 heteroatoms. The molecule has 1 N–H and O–H groups in total. The smallest absolute Gasteiger partial charge is 0.291 e.